The number of halogens is 1. The maximum absolute atomic E-state index is 6.45. The van der Waals surface area contributed by atoms with Gasteiger partial charge in [0.15, 0.2) is 0 Å². The molecule has 14 heavy (non-hydrogen) atoms. The van der Waals surface area contributed by atoms with Gasteiger partial charge >= 0.3 is 0 Å². The Bertz CT molecular complexity index is 170. The minimum atomic E-state index is 0.502. The van der Waals surface area contributed by atoms with E-state index in [1.54, 1.807) is 0 Å². The molecule has 0 saturated heterocycles. The fraction of sp³-hybridized carbons (Fsp3) is 1.00. The zero-order valence-electron chi connectivity index (χ0n) is 9.34. The maximum Gasteiger partial charge on any atom is 0.0366 e. The molecule has 0 nitrogen and oxygen atoms in total. The summed E-state index contributed by atoms with van der Waals surface area (Å²) in [6.07, 6.45) is 11.3. The molecular weight excluding hydrogens is 192 g/mol. The van der Waals surface area contributed by atoms with Gasteiger partial charge in [0, 0.05) is 5.38 Å². The molecule has 0 aromatic rings. The average molecular weight is 215 g/mol. The van der Waals surface area contributed by atoms with Crippen molar-refractivity contribution in [3.05, 3.63) is 0 Å². The van der Waals surface area contributed by atoms with Crippen molar-refractivity contribution >= 4 is 11.6 Å². The van der Waals surface area contributed by atoms with E-state index in [1.807, 2.05) is 0 Å². The van der Waals surface area contributed by atoms with Gasteiger partial charge in [0.05, 0.1) is 0 Å². The maximum atomic E-state index is 6.45. The van der Waals surface area contributed by atoms with E-state index in [2.05, 4.69) is 6.92 Å². The van der Waals surface area contributed by atoms with Gasteiger partial charge in [-0.1, -0.05) is 32.6 Å². The third-order valence-electron chi connectivity index (χ3n) is 4.40. The molecule has 2 aliphatic carbocycles. The number of rotatable bonds is 1. The molecule has 0 radical (unpaired) electrons. The van der Waals surface area contributed by atoms with E-state index in [4.69, 9.17) is 11.6 Å². The van der Waals surface area contributed by atoms with E-state index in [0.717, 1.165) is 17.8 Å². The smallest absolute Gasteiger partial charge is 0.0366 e. The Kier molecular flexibility index (Phi) is 3.76. The van der Waals surface area contributed by atoms with Crippen LogP contribution in [0.4, 0.5) is 0 Å². The topological polar surface area (TPSA) is 0 Å². The van der Waals surface area contributed by atoms with Crippen molar-refractivity contribution in [3.8, 4) is 0 Å². The van der Waals surface area contributed by atoms with Crippen LogP contribution in [0, 0.1) is 17.8 Å². The highest BCUT2D eigenvalue weighted by Crippen LogP contribution is 2.41. The zero-order valence-corrected chi connectivity index (χ0v) is 10.1. The van der Waals surface area contributed by atoms with Gasteiger partial charge < -0.3 is 0 Å². The molecule has 0 bridgehead atoms. The highest BCUT2D eigenvalue weighted by Gasteiger charge is 2.32. The molecule has 2 atom stereocenters. The average Bonchev–Trinajstić information content (AvgIpc) is 2.20. The van der Waals surface area contributed by atoms with Crippen molar-refractivity contribution in [1.82, 2.24) is 0 Å². The van der Waals surface area contributed by atoms with Gasteiger partial charge in [-0.3, -0.25) is 0 Å². The van der Waals surface area contributed by atoms with E-state index < -0.39 is 0 Å². The van der Waals surface area contributed by atoms with Gasteiger partial charge in [-0.05, 0) is 43.4 Å². The van der Waals surface area contributed by atoms with Gasteiger partial charge in [-0.25, -0.2) is 0 Å². The Labute approximate surface area is 93.4 Å². The first-order valence-corrected chi connectivity index (χ1v) is 6.85. The van der Waals surface area contributed by atoms with Crippen molar-refractivity contribution in [2.75, 3.05) is 0 Å². The van der Waals surface area contributed by atoms with Crippen LogP contribution in [0.1, 0.15) is 58.3 Å². The Morgan fingerprint density at radius 2 is 1.50 bits per heavy atom. The Balaban J connectivity index is 1.87. The van der Waals surface area contributed by atoms with Crippen LogP contribution in [-0.2, 0) is 0 Å². The molecule has 1 heteroatoms. The van der Waals surface area contributed by atoms with E-state index >= 15 is 0 Å². The molecule has 0 aromatic carbocycles. The molecule has 2 aliphatic rings. The second-order valence-electron chi connectivity index (χ2n) is 5.48. The molecule has 0 amide bonds. The highest BCUT2D eigenvalue weighted by atomic mass is 35.5. The molecule has 2 saturated carbocycles. The van der Waals surface area contributed by atoms with Crippen molar-refractivity contribution < 1.29 is 0 Å². The van der Waals surface area contributed by atoms with Gasteiger partial charge in [-0.15, -0.1) is 11.6 Å². The van der Waals surface area contributed by atoms with Gasteiger partial charge in [0.2, 0.25) is 0 Å². The third kappa shape index (κ3) is 2.45. The highest BCUT2D eigenvalue weighted by molar-refractivity contribution is 6.20. The van der Waals surface area contributed by atoms with Crippen LogP contribution in [0.25, 0.3) is 0 Å². The monoisotopic (exact) mass is 214 g/mol. The lowest BCUT2D eigenvalue weighted by atomic mass is 9.71. The predicted molar refractivity (Wildman–Crippen MR) is 62.7 cm³/mol. The first-order valence-electron chi connectivity index (χ1n) is 6.41. The summed E-state index contributed by atoms with van der Waals surface area (Å²) in [5.41, 5.74) is 0. The third-order valence-corrected chi connectivity index (χ3v) is 4.94. The van der Waals surface area contributed by atoms with E-state index in [0.29, 0.717) is 5.38 Å². The summed E-state index contributed by atoms with van der Waals surface area (Å²) in [5, 5.41) is 0.502. The van der Waals surface area contributed by atoms with Gasteiger partial charge in [0.1, 0.15) is 0 Å². The fourth-order valence-corrected chi connectivity index (χ4v) is 3.85. The van der Waals surface area contributed by atoms with E-state index in [1.165, 1.54) is 51.4 Å². The van der Waals surface area contributed by atoms with Crippen LogP contribution in [0.15, 0.2) is 0 Å². The Morgan fingerprint density at radius 1 is 0.857 bits per heavy atom. The Morgan fingerprint density at radius 3 is 2.14 bits per heavy atom. The SMILES string of the molecule is CC1CCC(C2CCCCC2Cl)CC1. The molecule has 82 valence electrons. The lowest BCUT2D eigenvalue weighted by molar-refractivity contribution is 0.176. The Hall–Kier alpha value is 0.290. The molecule has 0 spiro atoms. The van der Waals surface area contributed by atoms with Crippen molar-refractivity contribution in [2.24, 2.45) is 17.8 Å². The van der Waals surface area contributed by atoms with E-state index in [9.17, 15) is 0 Å². The van der Waals surface area contributed by atoms with Gasteiger partial charge in [-0.2, -0.15) is 0 Å². The van der Waals surface area contributed by atoms with E-state index in [-0.39, 0.29) is 0 Å². The molecule has 0 heterocycles. The predicted octanol–water partition coefficient (Wildman–Crippen LogP) is 4.61. The number of hydrogen-bond acceptors (Lipinski definition) is 0. The van der Waals surface area contributed by atoms with Crippen molar-refractivity contribution in [3.63, 3.8) is 0 Å². The number of alkyl halides is 1. The summed E-state index contributed by atoms with van der Waals surface area (Å²) in [7, 11) is 0. The zero-order chi connectivity index (χ0) is 9.97. The van der Waals surface area contributed by atoms with Crippen molar-refractivity contribution in [1.29, 1.82) is 0 Å². The summed E-state index contributed by atoms with van der Waals surface area (Å²) >= 11 is 6.45. The standard InChI is InChI=1S/C13H23Cl/c1-10-6-8-11(9-7-10)12-4-2-3-5-13(12)14/h10-13H,2-9H2,1H3. The summed E-state index contributed by atoms with van der Waals surface area (Å²) in [6.45, 7) is 2.40. The lowest BCUT2D eigenvalue weighted by Crippen LogP contribution is -2.30. The summed E-state index contributed by atoms with van der Waals surface area (Å²) in [5.74, 6) is 2.80. The largest absolute Gasteiger partial charge is 0.123 e. The normalized spacial score (nSPS) is 45.0. The minimum Gasteiger partial charge on any atom is -0.123 e. The molecule has 0 aromatic heterocycles. The lowest BCUT2D eigenvalue weighted by Gasteiger charge is -2.37. The number of hydrogen-bond donors (Lipinski definition) is 0. The molecular formula is C13H23Cl. The molecule has 2 unspecified atom stereocenters. The van der Waals surface area contributed by atoms with Crippen LogP contribution in [0.3, 0.4) is 0 Å². The molecule has 2 rings (SSSR count). The minimum absolute atomic E-state index is 0.502. The molecule has 0 N–H and O–H groups in total. The summed E-state index contributed by atoms with van der Waals surface area (Å²) in [4.78, 5) is 0. The van der Waals surface area contributed by atoms with Crippen LogP contribution in [0.2, 0.25) is 0 Å². The van der Waals surface area contributed by atoms with Crippen LogP contribution in [0.5, 0.6) is 0 Å². The second-order valence-corrected chi connectivity index (χ2v) is 6.04. The first kappa shape index (κ1) is 10.8. The molecule has 0 aliphatic heterocycles. The second kappa shape index (κ2) is 4.88. The summed E-state index contributed by atoms with van der Waals surface area (Å²) < 4.78 is 0. The van der Waals surface area contributed by atoms with Crippen LogP contribution >= 0.6 is 11.6 Å². The first-order chi connectivity index (χ1) is 6.77. The summed E-state index contributed by atoms with van der Waals surface area (Å²) in [6, 6.07) is 0. The molecule has 2 fully saturated rings. The fourth-order valence-electron chi connectivity index (χ4n) is 3.36. The quantitative estimate of drug-likeness (QED) is 0.560. The van der Waals surface area contributed by atoms with Gasteiger partial charge in [0.25, 0.3) is 0 Å². The van der Waals surface area contributed by atoms with Crippen LogP contribution < -0.4 is 0 Å². The van der Waals surface area contributed by atoms with Crippen molar-refractivity contribution in [2.45, 2.75) is 63.7 Å². The van der Waals surface area contributed by atoms with Crippen LogP contribution in [-0.4, -0.2) is 5.38 Å².